The summed E-state index contributed by atoms with van der Waals surface area (Å²) in [5.41, 5.74) is 0. The van der Waals surface area contributed by atoms with Gasteiger partial charge in [0.25, 0.3) is 0 Å². The van der Waals surface area contributed by atoms with Gasteiger partial charge in [0, 0.05) is 6.42 Å². The van der Waals surface area contributed by atoms with Crippen LogP contribution in [0.1, 0.15) is 46.0 Å². The molecular formula is C11H19O. The highest BCUT2D eigenvalue weighted by molar-refractivity contribution is 5.50. The van der Waals surface area contributed by atoms with E-state index in [9.17, 15) is 4.79 Å². The molecule has 12 heavy (non-hydrogen) atoms. The van der Waals surface area contributed by atoms with Crippen LogP contribution in [0.15, 0.2) is 12.2 Å². The van der Waals surface area contributed by atoms with Gasteiger partial charge in [0.1, 0.15) is 0 Å². The van der Waals surface area contributed by atoms with E-state index < -0.39 is 0 Å². The zero-order valence-corrected chi connectivity index (χ0v) is 8.18. The molecule has 0 aliphatic carbocycles. The van der Waals surface area contributed by atoms with Crippen molar-refractivity contribution in [3.63, 3.8) is 0 Å². The normalized spacial score (nSPS) is 13.5. The predicted octanol–water partition coefficient (Wildman–Crippen LogP) is 3.26. The van der Waals surface area contributed by atoms with E-state index in [1.165, 1.54) is 19.3 Å². The minimum absolute atomic E-state index is 0.521. The van der Waals surface area contributed by atoms with Gasteiger partial charge in [-0.05, 0) is 25.7 Å². The number of hydrogen-bond donors (Lipinski definition) is 0. The maximum absolute atomic E-state index is 10.0. The molecule has 0 fully saturated rings. The first-order valence-corrected chi connectivity index (χ1v) is 4.77. The molecule has 1 atom stereocenters. The molecule has 69 valence electrons. The average Bonchev–Trinajstić information content (AvgIpc) is 2.05. The molecule has 0 saturated heterocycles. The first kappa shape index (κ1) is 11.4. The maximum Gasteiger partial charge on any atom is 0.198 e. The molecule has 0 aliphatic rings. The van der Waals surface area contributed by atoms with Crippen LogP contribution in [-0.4, -0.2) is 6.29 Å². The first-order valence-electron chi connectivity index (χ1n) is 4.77. The Morgan fingerprint density at radius 1 is 1.42 bits per heavy atom. The molecule has 0 aromatic rings. The Balaban J connectivity index is 3.13. The van der Waals surface area contributed by atoms with Crippen molar-refractivity contribution in [1.82, 2.24) is 0 Å². The predicted molar refractivity (Wildman–Crippen MR) is 52.8 cm³/mol. The van der Waals surface area contributed by atoms with Crippen LogP contribution < -0.4 is 0 Å². The van der Waals surface area contributed by atoms with E-state index in [0.29, 0.717) is 12.3 Å². The lowest BCUT2D eigenvalue weighted by atomic mass is 10.0. The van der Waals surface area contributed by atoms with E-state index in [0.717, 1.165) is 6.42 Å². The molecule has 0 amide bonds. The van der Waals surface area contributed by atoms with Crippen LogP contribution >= 0.6 is 0 Å². The van der Waals surface area contributed by atoms with E-state index in [1.807, 2.05) is 13.2 Å². The second-order valence-corrected chi connectivity index (χ2v) is 3.31. The van der Waals surface area contributed by atoms with Crippen molar-refractivity contribution < 1.29 is 4.79 Å². The van der Waals surface area contributed by atoms with Crippen molar-refractivity contribution in [2.24, 2.45) is 5.92 Å². The summed E-state index contributed by atoms with van der Waals surface area (Å²) in [6, 6.07) is 0. The summed E-state index contributed by atoms with van der Waals surface area (Å²) in [4.78, 5) is 10.0. The molecule has 1 unspecified atom stereocenters. The Bertz CT molecular complexity index is 127. The third kappa shape index (κ3) is 7.52. The summed E-state index contributed by atoms with van der Waals surface area (Å²) in [5.74, 6) is 0.521. The van der Waals surface area contributed by atoms with Crippen LogP contribution in [-0.2, 0) is 4.79 Å². The standard InChI is InChI=1S/C11H19O/c1-3-4-5-6-7-8-11(2)9-10-12/h3-4,11H,5-9H2,1-2H3/b4-3+. The van der Waals surface area contributed by atoms with Crippen LogP contribution in [0, 0.1) is 5.92 Å². The molecule has 0 aromatic heterocycles. The van der Waals surface area contributed by atoms with Crippen LogP contribution in [0.4, 0.5) is 0 Å². The van der Waals surface area contributed by atoms with Crippen molar-refractivity contribution in [3.8, 4) is 0 Å². The summed E-state index contributed by atoms with van der Waals surface area (Å²) in [5, 5.41) is 0. The first-order chi connectivity index (χ1) is 5.81. The Hall–Kier alpha value is -0.590. The summed E-state index contributed by atoms with van der Waals surface area (Å²) in [7, 11) is 0. The second-order valence-electron chi connectivity index (χ2n) is 3.31. The van der Waals surface area contributed by atoms with E-state index in [4.69, 9.17) is 0 Å². The monoisotopic (exact) mass is 167 g/mol. The highest BCUT2D eigenvalue weighted by Gasteiger charge is 1.99. The quantitative estimate of drug-likeness (QED) is 0.420. The van der Waals surface area contributed by atoms with Crippen LogP contribution in [0.5, 0.6) is 0 Å². The molecule has 1 heteroatoms. The lowest BCUT2D eigenvalue weighted by Gasteiger charge is -2.04. The van der Waals surface area contributed by atoms with Crippen molar-refractivity contribution in [2.45, 2.75) is 46.0 Å². The number of allylic oxidation sites excluding steroid dienone is 2. The van der Waals surface area contributed by atoms with Crippen LogP contribution in [0.2, 0.25) is 0 Å². The van der Waals surface area contributed by atoms with Crippen molar-refractivity contribution in [1.29, 1.82) is 0 Å². The lowest BCUT2D eigenvalue weighted by molar-refractivity contribution is 0.486. The highest BCUT2D eigenvalue weighted by Crippen LogP contribution is 2.11. The van der Waals surface area contributed by atoms with Gasteiger partial charge < -0.3 is 0 Å². The van der Waals surface area contributed by atoms with E-state index in [-0.39, 0.29) is 0 Å². The Labute approximate surface area is 75.9 Å². The minimum atomic E-state index is 0.521. The van der Waals surface area contributed by atoms with Crippen molar-refractivity contribution in [3.05, 3.63) is 12.2 Å². The summed E-state index contributed by atoms with van der Waals surface area (Å²) >= 11 is 0. The van der Waals surface area contributed by atoms with Gasteiger partial charge in [-0.25, -0.2) is 0 Å². The fraction of sp³-hybridized carbons (Fsp3) is 0.727. The van der Waals surface area contributed by atoms with Gasteiger partial charge >= 0.3 is 0 Å². The van der Waals surface area contributed by atoms with Crippen LogP contribution in [0.25, 0.3) is 0 Å². The molecule has 0 N–H and O–H groups in total. The number of unbranched alkanes of at least 4 members (excludes halogenated alkanes) is 2. The summed E-state index contributed by atoms with van der Waals surface area (Å²) in [6.45, 7) is 4.16. The molecule has 0 bridgehead atoms. The number of rotatable bonds is 7. The third-order valence-electron chi connectivity index (χ3n) is 1.99. The molecule has 0 heterocycles. The fourth-order valence-electron chi connectivity index (χ4n) is 1.17. The highest BCUT2D eigenvalue weighted by atomic mass is 16.1. The zero-order valence-electron chi connectivity index (χ0n) is 8.18. The van der Waals surface area contributed by atoms with E-state index in [1.54, 1.807) is 0 Å². The number of hydrogen-bond acceptors (Lipinski definition) is 1. The Morgan fingerprint density at radius 2 is 2.17 bits per heavy atom. The minimum Gasteiger partial charge on any atom is -0.291 e. The molecule has 0 rings (SSSR count). The molecule has 0 saturated carbocycles. The van der Waals surface area contributed by atoms with Crippen molar-refractivity contribution >= 4 is 6.29 Å². The molecule has 0 aliphatic heterocycles. The molecule has 1 radical (unpaired) electrons. The average molecular weight is 167 g/mol. The van der Waals surface area contributed by atoms with Gasteiger partial charge in [0.15, 0.2) is 6.29 Å². The lowest BCUT2D eigenvalue weighted by Crippen LogP contribution is -1.94. The van der Waals surface area contributed by atoms with Gasteiger partial charge in [0.05, 0.1) is 0 Å². The molecule has 0 spiro atoms. The van der Waals surface area contributed by atoms with Crippen LogP contribution in [0.3, 0.4) is 0 Å². The SMILES string of the molecule is C/C=C/CCCCC(C)C[C]=O. The molecule has 1 nitrogen and oxygen atoms in total. The maximum atomic E-state index is 10.0. The van der Waals surface area contributed by atoms with Gasteiger partial charge in [-0.2, -0.15) is 0 Å². The summed E-state index contributed by atoms with van der Waals surface area (Å²) in [6.07, 6.45) is 11.6. The van der Waals surface area contributed by atoms with Gasteiger partial charge in [-0.1, -0.05) is 31.9 Å². The Morgan fingerprint density at radius 3 is 2.75 bits per heavy atom. The largest absolute Gasteiger partial charge is 0.291 e. The van der Waals surface area contributed by atoms with Gasteiger partial charge in [-0.15, -0.1) is 0 Å². The fourth-order valence-corrected chi connectivity index (χ4v) is 1.17. The number of carbonyl (C=O) groups excluding carboxylic acids is 1. The molecule has 0 aromatic carbocycles. The third-order valence-corrected chi connectivity index (χ3v) is 1.99. The summed E-state index contributed by atoms with van der Waals surface area (Å²) < 4.78 is 0. The van der Waals surface area contributed by atoms with E-state index in [2.05, 4.69) is 19.1 Å². The smallest absolute Gasteiger partial charge is 0.198 e. The van der Waals surface area contributed by atoms with Gasteiger partial charge in [-0.3, -0.25) is 4.79 Å². The van der Waals surface area contributed by atoms with Crippen molar-refractivity contribution in [2.75, 3.05) is 0 Å². The zero-order chi connectivity index (χ0) is 9.23. The second kappa shape index (κ2) is 8.51. The van der Waals surface area contributed by atoms with E-state index >= 15 is 0 Å². The molecular weight excluding hydrogens is 148 g/mol. The topological polar surface area (TPSA) is 17.1 Å². The van der Waals surface area contributed by atoms with Gasteiger partial charge in [0.2, 0.25) is 0 Å². The Kier molecular flexibility index (Phi) is 8.09.